The second-order valence-corrected chi connectivity index (χ2v) is 11.8. The molecule has 0 aliphatic carbocycles. The minimum absolute atomic E-state index is 0.0271. The summed E-state index contributed by atoms with van der Waals surface area (Å²) in [5.41, 5.74) is 0. The number of aliphatic hydroxyl groups is 2. The van der Waals surface area contributed by atoms with Crippen LogP contribution in [0.1, 0.15) is 51.9 Å². The van der Waals surface area contributed by atoms with Crippen LogP contribution in [0.5, 0.6) is 0 Å². The fourth-order valence-electron chi connectivity index (χ4n) is 4.57. The van der Waals surface area contributed by atoms with Gasteiger partial charge in [-0.1, -0.05) is 39.0 Å². The average molecular weight is 760 g/mol. The van der Waals surface area contributed by atoms with Gasteiger partial charge in [0.25, 0.3) is 0 Å². The van der Waals surface area contributed by atoms with Crippen molar-refractivity contribution in [3.8, 4) is 0 Å². The SMILES string of the molecule is CCCCCCCCN(CCCOCCOCCOCCOCCOCCOCCO)CCOCCOCCOCCOCCOCCOCCO. The van der Waals surface area contributed by atoms with Crippen molar-refractivity contribution in [3.05, 3.63) is 0 Å². The van der Waals surface area contributed by atoms with Gasteiger partial charge in [-0.3, -0.25) is 0 Å². The molecule has 0 aromatic rings. The summed E-state index contributed by atoms with van der Waals surface area (Å²) in [5, 5.41) is 17.3. The van der Waals surface area contributed by atoms with Gasteiger partial charge in [-0.05, 0) is 19.4 Å². The Kier molecular flexibility index (Phi) is 47.9. The molecule has 0 heterocycles. The lowest BCUT2D eigenvalue weighted by molar-refractivity contribution is -0.0194. The van der Waals surface area contributed by atoms with Crippen molar-refractivity contribution in [1.29, 1.82) is 0 Å². The van der Waals surface area contributed by atoms with Crippen molar-refractivity contribution in [1.82, 2.24) is 4.90 Å². The van der Waals surface area contributed by atoms with Gasteiger partial charge in [-0.2, -0.15) is 0 Å². The summed E-state index contributed by atoms with van der Waals surface area (Å²) in [7, 11) is 0. The van der Waals surface area contributed by atoms with Crippen molar-refractivity contribution in [2.45, 2.75) is 51.9 Å². The average Bonchev–Trinajstić information content (AvgIpc) is 3.15. The highest BCUT2D eigenvalue weighted by molar-refractivity contribution is 4.59. The van der Waals surface area contributed by atoms with Gasteiger partial charge >= 0.3 is 0 Å². The number of ether oxygens (including phenoxy) is 12. The number of aliphatic hydroxyl groups excluding tert-OH is 2. The topological polar surface area (TPSA) is 154 Å². The minimum atomic E-state index is 0.0271. The Hall–Kier alpha value is -0.600. The Bertz CT molecular complexity index is 629. The highest BCUT2D eigenvalue weighted by atomic mass is 16.6. The van der Waals surface area contributed by atoms with Crippen LogP contribution in [-0.4, -0.2) is 207 Å². The predicted octanol–water partition coefficient (Wildman–Crippen LogP) is 2.22. The molecule has 15 heteroatoms. The minimum Gasteiger partial charge on any atom is -0.394 e. The number of rotatable bonds is 48. The maximum absolute atomic E-state index is 8.63. The van der Waals surface area contributed by atoms with Crippen LogP contribution >= 0.6 is 0 Å². The fraction of sp³-hybridized carbons (Fsp3) is 1.00. The summed E-state index contributed by atoms with van der Waals surface area (Å²) in [6.45, 7) is 17.8. The number of hydrogen-bond acceptors (Lipinski definition) is 15. The van der Waals surface area contributed by atoms with E-state index in [0.29, 0.717) is 159 Å². The lowest BCUT2D eigenvalue weighted by atomic mass is 10.1. The van der Waals surface area contributed by atoms with Crippen molar-refractivity contribution in [3.63, 3.8) is 0 Å². The van der Waals surface area contributed by atoms with Gasteiger partial charge in [-0.15, -0.1) is 0 Å². The zero-order valence-electron chi connectivity index (χ0n) is 32.7. The standard InChI is InChI=1S/C37H77NO14/c1-2-3-4-5-6-7-9-38(11-15-42-19-23-46-27-31-50-35-37-52-33-29-48-25-21-44-17-13-40)10-8-14-41-18-22-45-26-30-49-34-36-51-32-28-47-24-20-43-16-12-39/h39-40H,2-37H2,1H3. The van der Waals surface area contributed by atoms with E-state index in [1.807, 2.05) is 0 Å². The van der Waals surface area contributed by atoms with Gasteiger partial charge in [0.2, 0.25) is 0 Å². The van der Waals surface area contributed by atoms with Gasteiger partial charge in [0.05, 0.1) is 165 Å². The molecular formula is C37H77NO14. The molecule has 0 rings (SSSR count). The second kappa shape index (κ2) is 48.4. The molecule has 0 aromatic carbocycles. The molecule has 0 radical (unpaired) electrons. The molecule has 0 saturated carbocycles. The van der Waals surface area contributed by atoms with E-state index >= 15 is 0 Å². The quantitative estimate of drug-likeness (QED) is 0.0872. The third-order valence-corrected chi connectivity index (χ3v) is 7.33. The van der Waals surface area contributed by atoms with Gasteiger partial charge in [0, 0.05) is 19.7 Å². The number of hydrogen-bond donors (Lipinski definition) is 2. The Morgan fingerprint density at radius 2 is 0.538 bits per heavy atom. The molecule has 0 fully saturated rings. The van der Waals surface area contributed by atoms with Gasteiger partial charge in [0.15, 0.2) is 0 Å². The molecular weight excluding hydrogens is 682 g/mol. The summed E-state index contributed by atoms with van der Waals surface area (Å²) in [6.07, 6.45) is 8.71. The van der Waals surface area contributed by atoms with Gasteiger partial charge in [0.1, 0.15) is 0 Å². The maximum Gasteiger partial charge on any atom is 0.0701 e. The van der Waals surface area contributed by atoms with Crippen molar-refractivity contribution < 1.29 is 67.1 Å². The van der Waals surface area contributed by atoms with E-state index in [9.17, 15) is 0 Å². The monoisotopic (exact) mass is 760 g/mol. The van der Waals surface area contributed by atoms with E-state index in [-0.39, 0.29) is 13.2 Å². The normalized spacial score (nSPS) is 11.8. The first-order valence-corrected chi connectivity index (χ1v) is 19.7. The van der Waals surface area contributed by atoms with E-state index in [1.54, 1.807) is 0 Å². The largest absolute Gasteiger partial charge is 0.394 e. The van der Waals surface area contributed by atoms with Crippen LogP contribution in [-0.2, 0) is 56.8 Å². The molecule has 0 amide bonds. The highest BCUT2D eigenvalue weighted by Gasteiger charge is 2.06. The summed E-state index contributed by atoms with van der Waals surface area (Å²) in [4.78, 5) is 2.49. The van der Waals surface area contributed by atoms with Crippen LogP contribution in [0, 0.1) is 0 Å². The molecule has 0 spiro atoms. The molecule has 0 unspecified atom stereocenters. The molecule has 0 bridgehead atoms. The molecule has 0 saturated heterocycles. The van der Waals surface area contributed by atoms with Crippen molar-refractivity contribution >= 4 is 0 Å². The Morgan fingerprint density at radius 3 is 0.885 bits per heavy atom. The highest BCUT2D eigenvalue weighted by Crippen LogP contribution is 2.06. The number of nitrogens with zero attached hydrogens (tertiary/aromatic N) is 1. The van der Waals surface area contributed by atoms with Crippen molar-refractivity contribution in [2.24, 2.45) is 0 Å². The smallest absolute Gasteiger partial charge is 0.0701 e. The molecule has 0 aliphatic rings. The second-order valence-electron chi connectivity index (χ2n) is 11.8. The van der Waals surface area contributed by atoms with E-state index in [1.165, 1.54) is 38.5 Å². The first-order chi connectivity index (χ1) is 25.8. The van der Waals surface area contributed by atoms with E-state index in [0.717, 1.165) is 26.1 Å². The van der Waals surface area contributed by atoms with Gasteiger partial charge < -0.3 is 72.0 Å². The third kappa shape index (κ3) is 45.6. The predicted molar refractivity (Wildman–Crippen MR) is 198 cm³/mol. The van der Waals surface area contributed by atoms with Crippen molar-refractivity contribution in [2.75, 3.05) is 191 Å². The van der Waals surface area contributed by atoms with E-state index in [4.69, 9.17) is 67.1 Å². The lowest BCUT2D eigenvalue weighted by Crippen LogP contribution is -2.31. The van der Waals surface area contributed by atoms with Crippen LogP contribution < -0.4 is 0 Å². The van der Waals surface area contributed by atoms with Gasteiger partial charge in [-0.25, -0.2) is 0 Å². The zero-order valence-corrected chi connectivity index (χ0v) is 32.7. The summed E-state index contributed by atoms with van der Waals surface area (Å²) in [5.74, 6) is 0. The summed E-state index contributed by atoms with van der Waals surface area (Å²) in [6, 6.07) is 0. The van der Waals surface area contributed by atoms with Crippen LogP contribution in [0.15, 0.2) is 0 Å². The Balaban J connectivity index is 3.67. The Morgan fingerprint density at radius 1 is 0.269 bits per heavy atom. The molecule has 2 N–H and O–H groups in total. The molecule has 15 nitrogen and oxygen atoms in total. The fourth-order valence-corrected chi connectivity index (χ4v) is 4.57. The van der Waals surface area contributed by atoms with Crippen LogP contribution in [0.25, 0.3) is 0 Å². The zero-order chi connectivity index (χ0) is 37.5. The number of unbranched alkanes of at least 4 members (excludes halogenated alkanes) is 5. The molecule has 0 aromatic heterocycles. The molecule has 0 atom stereocenters. The molecule has 52 heavy (non-hydrogen) atoms. The van der Waals surface area contributed by atoms with E-state index < -0.39 is 0 Å². The van der Waals surface area contributed by atoms with E-state index in [2.05, 4.69) is 11.8 Å². The lowest BCUT2D eigenvalue weighted by Gasteiger charge is -2.22. The molecule has 0 aliphatic heterocycles. The molecule has 314 valence electrons. The van der Waals surface area contributed by atoms with Crippen LogP contribution in [0.4, 0.5) is 0 Å². The van der Waals surface area contributed by atoms with Crippen LogP contribution in [0.2, 0.25) is 0 Å². The maximum atomic E-state index is 8.63. The summed E-state index contributed by atoms with van der Waals surface area (Å²) >= 11 is 0. The van der Waals surface area contributed by atoms with Crippen LogP contribution in [0.3, 0.4) is 0 Å². The first-order valence-electron chi connectivity index (χ1n) is 19.7. The third-order valence-electron chi connectivity index (χ3n) is 7.33. The summed E-state index contributed by atoms with van der Waals surface area (Å²) < 4.78 is 65.8. The Labute approximate surface area is 315 Å². The first kappa shape index (κ1) is 51.4.